The largest absolute Gasteiger partial charge is 0.303 e. The average Bonchev–Trinajstić information content (AvgIpc) is 2.38. The van der Waals surface area contributed by atoms with Crippen LogP contribution in [0.2, 0.25) is 0 Å². The second-order valence-corrected chi connectivity index (χ2v) is 8.97. The summed E-state index contributed by atoms with van der Waals surface area (Å²) in [5.74, 6) is 0.0148. The predicted molar refractivity (Wildman–Crippen MR) is 82.8 cm³/mol. The Morgan fingerprint density at radius 3 is 2.29 bits per heavy atom. The van der Waals surface area contributed by atoms with Crippen LogP contribution in [0.3, 0.4) is 0 Å². The van der Waals surface area contributed by atoms with Gasteiger partial charge >= 0.3 is 10.2 Å². The van der Waals surface area contributed by atoms with Gasteiger partial charge in [0.15, 0.2) is 0 Å². The lowest BCUT2D eigenvalue weighted by atomic mass is 9.83. The molecule has 2 aliphatic rings. The number of carbonyl (C=O) groups is 1. The van der Waals surface area contributed by atoms with Crippen LogP contribution in [0, 0.1) is 11.3 Å². The molecule has 21 heavy (non-hydrogen) atoms. The summed E-state index contributed by atoms with van der Waals surface area (Å²) in [6, 6.07) is 0. The van der Waals surface area contributed by atoms with Gasteiger partial charge in [0.05, 0.1) is 0 Å². The molecule has 1 N–H and O–H groups in total. The van der Waals surface area contributed by atoms with E-state index in [4.69, 9.17) is 0 Å². The molecule has 0 radical (unpaired) electrons. The van der Waals surface area contributed by atoms with Crippen molar-refractivity contribution in [2.45, 2.75) is 65.2 Å². The van der Waals surface area contributed by atoms with Crippen LogP contribution in [0.4, 0.5) is 0 Å². The average molecular weight is 316 g/mol. The highest BCUT2D eigenvalue weighted by Crippen LogP contribution is 2.30. The minimum atomic E-state index is -3.65. The molecule has 1 saturated carbocycles. The lowest BCUT2D eigenvalue weighted by molar-refractivity contribution is -0.120. The first-order chi connectivity index (χ1) is 9.78. The molecule has 0 aromatic heterocycles. The Hall–Kier alpha value is -0.620. The molecular weight excluding hydrogens is 288 g/mol. The van der Waals surface area contributed by atoms with Crippen molar-refractivity contribution in [3.63, 3.8) is 0 Å². The van der Waals surface area contributed by atoms with Crippen molar-refractivity contribution in [1.29, 1.82) is 0 Å². The summed E-state index contributed by atoms with van der Waals surface area (Å²) in [5.41, 5.74) is 0.193. The molecule has 0 atom stereocenters. The van der Waals surface area contributed by atoms with Crippen LogP contribution in [-0.2, 0) is 15.0 Å². The van der Waals surface area contributed by atoms with E-state index in [1.807, 2.05) is 0 Å². The van der Waals surface area contributed by atoms with Crippen molar-refractivity contribution in [1.82, 2.24) is 9.03 Å². The summed E-state index contributed by atoms with van der Waals surface area (Å²) in [6.45, 7) is 5.30. The molecule has 0 unspecified atom stereocenters. The van der Waals surface area contributed by atoms with Crippen molar-refractivity contribution in [2.24, 2.45) is 11.3 Å². The van der Waals surface area contributed by atoms with Crippen molar-refractivity contribution in [3.8, 4) is 0 Å². The monoisotopic (exact) mass is 316 g/mol. The zero-order valence-corrected chi connectivity index (χ0v) is 14.0. The second-order valence-electron chi connectivity index (χ2n) is 7.30. The molecule has 6 heteroatoms. The summed E-state index contributed by atoms with van der Waals surface area (Å²) in [5, 5.41) is 0. The SMILES string of the molecule is CC1(C)CCN(S(=O)(=O)NC(=O)CC2CCCCC2)CC1. The highest BCUT2D eigenvalue weighted by molar-refractivity contribution is 7.87. The van der Waals surface area contributed by atoms with Crippen LogP contribution in [0.15, 0.2) is 0 Å². The first-order valence-electron chi connectivity index (χ1n) is 8.09. The number of amides is 1. The summed E-state index contributed by atoms with van der Waals surface area (Å²) in [6.07, 6.45) is 7.67. The maximum Gasteiger partial charge on any atom is 0.303 e. The molecule has 0 spiro atoms. The third-order valence-electron chi connectivity index (χ3n) is 4.86. The fourth-order valence-corrected chi connectivity index (χ4v) is 4.40. The third kappa shape index (κ3) is 4.95. The van der Waals surface area contributed by atoms with Gasteiger partial charge in [0.2, 0.25) is 5.91 Å². The minimum absolute atomic E-state index is 0.193. The standard InChI is InChI=1S/C15H28N2O3S/c1-15(2)8-10-17(11-9-15)21(19,20)16-14(18)12-13-6-4-3-5-7-13/h13H,3-12H2,1-2H3,(H,16,18). The van der Waals surface area contributed by atoms with E-state index in [9.17, 15) is 13.2 Å². The topological polar surface area (TPSA) is 66.5 Å². The molecule has 122 valence electrons. The van der Waals surface area contributed by atoms with Gasteiger partial charge in [-0.15, -0.1) is 0 Å². The molecular formula is C15H28N2O3S. The van der Waals surface area contributed by atoms with E-state index in [1.54, 1.807) is 0 Å². The van der Waals surface area contributed by atoms with E-state index in [0.717, 1.165) is 38.5 Å². The van der Waals surface area contributed by atoms with Gasteiger partial charge in [0.25, 0.3) is 0 Å². The fourth-order valence-electron chi connectivity index (χ4n) is 3.24. The smallest absolute Gasteiger partial charge is 0.274 e. The van der Waals surface area contributed by atoms with Crippen LogP contribution in [0.1, 0.15) is 65.2 Å². The van der Waals surface area contributed by atoms with Gasteiger partial charge in [0.1, 0.15) is 0 Å². The summed E-state index contributed by atoms with van der Waals surface area (Å²) < 4.78 is 28.2. The third-order valence-corrected chi connectivity index (χ3v) is 6.39. The van der Waals surface area contributed by atoms with E-state index >= 15 is 0 Å². The Bertz CT molecular complexity index is 457. The predicted octanol–water partition coefficient (Wildman–Crippen LogP) is 2.44. The van der Waals surface area contributed by atoms with E-state index in [1.165, 1.54) is 10.7 Å². The van der Waals surface area contributed by atoms with E-state index in [2.05, 4.69) is 18.6 Å². The Morgan fingerprint density at radius 1 is 1.14 bits per heavy atom. The van der Waals surface area contributed by atoms with Gasteiger partial charge < -0.3 is 0 Å². The number of carbonyl (C=O) groups excluding carboxylic acids is 1. The number of nitrogens with zero attached hydrogens (tertiary/aromatic N) is 1. The van der Waals surface area contributed by atoms with Gasteiger partial charge in [-0.2, -0.15) is 12.7 Å². The molecule has 0 aromatic rings. The minimum Gasteiger partial charge on any atom is -0.274 e. The Balaban J connectivity index is 1.84. The van der Waals surface area contributed by atoms with Crippen LogP contribution in [-0.4, -0.2) is 31.7 Å². The number of hydrogen-bond acceptors (Lipinski definition) is 3. The van der Waals surface area contributed by atoms with Crippen molar-refractivity contribution in [2.75, 3.05) is 13.1 Å². The zero-order chi connectivity index (χ0) is 15.5. The molecule has 0 bridgehead atoms. The Morgan fingerprint density at radius 2 is 1.71 bits per heavy atom. The highest BCUT2D eigenvalue weighted by Gasteiger charge is 2.32. The van der Waals surface area contributed by atoms with E-state index < -0.39 is 10.2 Å². The highest BCUT2D eigenvalue weighted by atomic mass is 32.2. The summed E-state index contributed by atoms with van der Waals surface area (Å²) >= 11 is 0. The Kier molecular flexibility index (Phi) is 5.30. The molecule has 5 nitrogen and oxygen atoms in total. The van der Waals surface area contributed by atoms with Crippen molar-refractivity contribution >= 4 is 16.1 Å². The number of hydrogen-bond donors (Lipinski definition) is 1. The number of nitrogens with one attached hydrogen (secondary N) is 1. The first-order valence-corrected chi connectivity index (χ1v) is 9.53. The quantitative estimate of drug-likeness (QED) is 0.866. The summed E-state index contributed by atoms with van der Waals surface area (Å²) in [4.78, 5) is 12.0. The Labute approximate surface area is 128 Å². The lowest BCUT2D eigenvalue weighted by Crippen LogP contribution is -2.48. The molecule has 0 aromatic carbocycles. The second kappa shape index (κ2) is 6.65. The van der Waals surface area contributed by atoms with Gasteiger partial charge in [0, 0.05) is 19.5 Å². The van der Waals surface area contributed by atoms with Crippen LogP contribution >= 0.6 is 0 Å². The maximum absolute atomic E-state index is 12.2. The van der Waals surface area contributed by atoms with Gasteiger partial charge in [-0.05, 0) is 37.0 Å². The fraction of sp³-hybridized carbons (Fsp3) is 0.933. The van der Waals surface area contributed by atoms with Crippen LogP contribution in [0.5, 0.6) is 0 Å². The normalized spacial score (nSPS) is 24.7. The van der Waals surface area contributed by atoms with E-state index in [-0.39, 0.29) is 11.3 Å². The molecule has 1 aliphatic carbocycles. The van der Waals surface area contributed by atoms with Gasteiger partial charge in [-0.3, -0.25) is 4.79 Å². The first kappa shape index (κ1) is 16.7. The van der Waals surface area contributed by atoms with Crippen LogP contribution < -0.4 is 4.72 Å². The molecule has 1 heterocycles. The van der Waals surface area contributed by atoms with Crippen molar-refractivity contribution in [3.05, 3.63) is 0 Å². The van der Waals surface area contributed by atoms with Gasteiger partial charge in [-0.1, -0.05) is 33.1 Å². The van der Waals surface area contributed by atoms with E-state index in [0.29, 0.717) is 25.4 Å². The molecule has 1 amide bonds. The molecule has 2 fully saturated rings. The number of rotatable bonds is 4. The number of piperidine rings is 1. The lowest BCUT2D eigenvalue weighted by Gasteiger charge is -2.35. The molecule has 1 saturated heterocycles. The van der Waals surface area contributed by atoms with Gasteiger partial charge in [-0.25, -0.2) is 4.72 Å². The summed E-state index contributed by atoms with van der Waals surface area (Å²) in [7, 11) is -3.65. The zero-order valence-electron chi connectivity index (χ0n) is 13.2. The maximum atomic E-state index is 12.2. The van der Waals surface area contributed by atoms with Crippen molar-refractivity contribution < 1.29 is 13.2 Å². The molecule has 1 aliphatic heterocycles. The van der Waals surface area contributed by atoms with Crippen LogP contribution in [0.25, 0.3) is 0 Å². The molecule has 2 rings (SSSR count).